The largest absolute Gasteiger partial charge is 0.465 e. The van der Waals surface area contributed by atoms with Crippen molar-refractivity contribution in [2.45, 2.75) is 9.79 Å². The summed E-state index contributed by atoms with van der Waals surface area (Å²) < 4.78 is 4.72. The van der Waals surface area contributed by atoms with Crippen molar-refractivity contribution < 1.29 is 14.5 Å². The third kappa shape index (κ3) is 3.74. The summed E-state index contributed by atoms with van der Waals surface area (Å²) in [6.07, 6.45) is 0. The Hall–Kier alpha value is -2.05. The molecule has 0 aliphatic carbocycles. The molecule has 0 aliphatic heterocycles. The summed E-state index contributed by atoms with van der Waals surface area (Å²) in [4.78, 5) is 23.3. The van der Waals surface area contributed by atoms with Crippen molar-refractivity contribution in [2.75, 3.05) is 7.11 Å². The Kier molecular flexibility index (Phi) is 4.82. The number of benzene rings is 2. The second kappa shape index (κ2) is 6.60. The maximum absolute atomic E-state index is 11.7. The smallest absolute Gasteiger partial charge is 0.339 e. The van der Waals surface area contributed by atoms with Crippen LogP contribution in [-0.4, -0.2) is 18.0 Å². The molecule has 2 aromatic carbocycles. The van der Waals surface area contributed by atoms with Crippen LogP contribution in [0.25, 0.3) is 0 Å². The number of methoxy groups -OCH3 is 1. The molecule has 2 aromatic rings. The highest BCUT2D eigenvalue weighted by atomic mass is 35.5. The average molecular weight is 324 g/mol. The predicted octanol–water partition coefficient (Wildman–Crippen LogP) is 4.19. The Labute approximate surface area is 130 Å². The van der Waals surface area contributed by atoms with Crippen molar-refractivity contribution in [1.29, 1.82) is 0 Å². The third-order valence-corrected chi connectivity index (χ3v) is 3.94. The van der Waals surface area contributed by atoms with Gasteiger partial charge in [-0.2, -0.15) is 0 Å². The minimum atomic E-state index is -0.484. The van der Waals surface area contributed by atoms with E-state index in [4.69, 9.17) is 16.3 Å². The minimum Gasteiger partial charge on any atom is -0.465 e. The number of nitrogens with zero attached hydrogens (tertiary/aromatic N) is 1. The molecule has 0 aliphatic rings. The maximum Gasteiger partial charge on any atom is 0.339 e. The van der Waals surface area contributed by atoms with Gasteiger partial charge in [-0.05, 0) is 30.3 Å². The van der Waals surface area contributed by atoms with E-state index >= 15 is 0 Å². The van der Waals surface area contributed by atoms with Crippen LogP contribution in [0.3, 0.4) is 0 Å². The normalized spacial score (nSPS) is 10.2. The van der Waals surface area contributed by atoms with E-state index in [0.717, 1.165) is 4.90 Å². The zero-order valence-electron chi connectivity index (χ0n) is 10.9. The van der Waals surface area contributed by atoms with E-state index in [1.807, 2.05) is 0 Å². The second-order valence-electron chi connectivity index (χ2n) is 3.99. The van der Waals surface area contributed by atoms with E-state index in [0.29, 0.717) is 15.5 Å². The molecule has 0 N–H and O–H groups in total. The molecular formula is C14H10ClNO4S. The van der Waals surface area contributed by atoms with Gasteiger partial charge in [0.1, 0.15) is 0 Å². The number of carbonyl (C=O) groups is 1. The van der Waals surface area contributed by atoms with Crippen LogP contribution in [0.2, 0.25) is 5.02 Å². The van der Waals surface area contributed by atoms with Gasteiger partial charge in [0.05, 0.1) is 17.6 Å². The Bertz CT molecular complexity index is 688. The van der Waals surface area contributed by atoms with Gasteiger partial charge in [-0.15, -0.1) is 0 Å². The lowest BCUT2D eigenvalue weighted by Crippen LogP contribution is -2.02. The number of hydrogen-bond donors (Lipinski definition) is 0. The Balaban J connectivity index is 2.30. The Morgan fingerprint density at radius 2 is 1.90 bits per heavy atom. The lowest BCUT2D eigenvalue weighted by Gasteiger charge is -2.08. The molecule has 0 radical (unpaired) electrons. The van der Waals surface area contributed by atoms with Gasteiger partial charge in [0, 0.05) is 26.9 Å². The fourth-order valence-electron chi connectivity index (χ4n) is 1.62. The summed E-state index contributed by atoms with van der Waals surface area (Å²) in [7, 11) is 1.30. The highest BCUT2D eigenvalue weighted by Crippen LogP contribution is 2.33. The topological polar surface area (TPSA) is 69.4 Å². The fourth-order valence-corrected chi connectivity index (χ4v) is 2.71. The van der Waals surface area contributed by atoms with Gasteiger partial charge < -0.3 is 4.74 Å². The molecule has 7 heteroatoms. The first-order valence-corrected chi connectivity index (χ1v) is 7.01. The predicted molar refractivity (Wildman–Crippen MR) is 80.0 cm³/mol. The number of hydrogen-bond acceptors (Lipinski definition) is 5. The van der Waals surface area contributed by atoms with Gasteiger partial charge >= 0.3 is 5.97 Å². The van der Waals surface area contributed by atoms with Gasteiger partial charge in [-0.25, -0.2) is 4.79 Å². The van der Waals surface area contributed by atoms with Crippen LogP contribution in [0.5, 0.6) is 0 Å². The number of carbonyl (C=O) groups excluding carboxylic acids is 1. The molecule has 0 heterocycles. The fraction of sp³-hybridized carbons (Fsp3) is 0.0714. The van der Waals surface area contributed by atoms with E-state index in [-0.39, 0.29) is 5.69 Å². The zero-order chi connectivity index (χ0) is 15.4. The van der Waals surface area contributed by atoms with Crippen molar-refractivity contribution >= 4 is 35.0 Å². The van der Waals surface area contributed by atoms with Gasteiger partial charge in [0.2, 0.25) is 0 Å². The lowest BCUT2D eigenvalue weighted by atomic mass is 10.2. The number of non-ortho nitro benzene ring substituents is 1. The molecule has 0 aromatic heterocycles. The van der Waals surface area contributed by atoms with Crippen molar-refractivity contribution in [1.82, 2.24) is 0 Å². The van der Waals surface area contributed by atoms with Crippen molar-refractivity contribution in [3.8, 4) is 0 Å². The van der Waals surface area contributed by atoms with E-state index in [2.05, 4.69) is 0 Å². The van der Waals surface area contributed by atoms with Crippen molar-refractivity contribution in [3.63, 3.8) is 0 Å². The van der Waals surface area contributed by atoms with Crippen LogP contribution < -0.4 is 0 Å². The zero-order valence-corrected chi connectivity index (χ0v) is 12.5. The van der Waals surface area contributed by atoms with Crippen LogP contribution >= 0.6 is 23.4 Å². The molecular weight excluding hydrogens is 314 g/mol. The van der Waals surface area contributed by atoms with Crippen molar-refractivity contribution in [3.05, 3.63) is 63.2 Å². The molecule has 0 fully saturated rings. The number of nitro groups is 1. The maximum atomic E-state index is 11.7. The standard InChI is InChI=1S/C14H10ClNO4S/c1-20-14(17)12-8-9(15)2-7-13(12)21-11-5-3-10(4-6-11)16(18)19/h2-8H,1H3. The number of ether oxygens (including phenoxy) is 1. The van der Waals surface area contributed by atoms with Crippen LogP contribution in [0.4, 0.5) is 5.69 Å². The summed E-state index contributed by atoms with van der Waals surface area (Å²) in [5.41, 5.74) is 0.372. The SMILES string of the molecule is COC(=O)c1cc(Cl)ccc1Sc1ccc([N+](=O)[O-])cc1. The molecule has 108 valence electrons. The number of halogens is 1. The first kappa shape index (κ1) is 15.3. The first-order chi connectivity index (χ1) is 10.0. The first-order valence-electron chi connectivity index (χ1n) is 5.81. The van der Waals surface area contributed by atoms with Crippen molar-refractivity contribution in [2.24, 2.45) is 0 Å². The summed E-state index contributed by atoms with van der Waals surface area (Å²) in [6.45, 7) is 0. The highest BCUT2D eigenvalue weighted by Gasteiger charge is 2.14. The van der Waals surface area contributed by atoms with Crippen LogP contribution in [0, 0.1) is 10.1 Å². The monoisotopic (exact) mass is 323 g/mol. The summed E-state index contributed by atoms with van der Waals surface area (Å²) in [5.74, 6) is -0.484. The molecule has 0 saturated carbocycles. The number of rotatable bonds is 4. The van der Waals surface area contributed by atoms with Gasteiger partial charge in [-0.3, -0.25) is 10.1 Å². The number of nitro benzene ring substituents is 1. The van der Waals surface area contributed by atoms with Crippen LogP contribution in [0.1, 0.15) is 10.4 Å². The minimum absolute atomic E-state index is 0.0173. The molecule has 0 spiro atoms. The van der Waals surface area contributed by atoms with Crippen LogP contribution in [-0.2, 0) is 4.74 Å². The van der Waals surface area contributed by atoms with Gasteiger partial charge in [-0.1, -0.05) is 23.4 Å². The summed E-state index contributed by atoms with van der Waals surface area (Å²) in [6, 6.07) is 11.0. The van der Waals surface area contributed by atoms with E-state index in [1.54, 1.807) is 24.3 Å². The highest BCUT2D eigenvalue weighted by molar-refractivity contribution is 7.99. The lowest BCUT2D eigenvalue weighted by molar-refractivity contribution is -0.384. The molecule has 0 bridgehead atoms. The molecule has 0 amide bonds. The van der Waals surface area contributed by atoms with E-state index < -0.39 is 10.9 Å². The second-order valence-corrected chi connectivity index (χ2v) is 5.54. The van der Waals surface area contributed by atoms with E-state index in [9.17, 15) is 14.9 Å². The summed E-state index contributed by atoms with van der Waals surface area (Å²) in [5, 5.41) is 11.0. The quantitative estimate of drug-likeness (QED) is 0.479. The molecule has 5 nitrogen and oxygen atoms in total. The molecule has 0 atom stereocenters. The molecule has 21 heavy (non-hydrogen) atoms. The van der Waals surface area contributed by atoms with Gasteiger partial charge in [0.25, 0.3) is 5.69 Å². The third-order valence-electron chi connectivity index (χ3n) is 2.62. The molecule has 0 unspecified atom stereocenters. The Morgan fingerprint density at radius 1 is 1.24 bits per heavy atom. The number of esters is 1. The van der Waals surface area contributed by atoms with Crippen LogP contribution in [0.15, 0.2) is 52.3 Å². The molecule has 2 rings (SSSR count). The average Bonchev–Trinajstić information content (AvgIpc) is 2.48. The molecule has 0 saturated heterocycles. The van der Waals surface area contributed by atoms with Gasteiger partial charge in [0.15, 0.2) is 0 Å². The Morgan fingerprint density at radius 3 is 2.48 bits per heavy atom. The van der Waals surface area contributed by atoms with E-state index in [1.165, 1.54) is 37.1 Å². The summed E-state index contributed by atoms with van der Waals surface area (Å²) >= 11 is 7.19.